The van der Waals surface area contributed by atoms with Gasteiger partial charge in [0.25, 0.3) is 5.91 Å². The molecular formula is C21H22Cl2F3N3O3. The molecule has 11 heteroatoms. The summed E-state index contributed by atoms with van der Waals surface area (Å²) < 4.78 is 42.6. The van der Waals surface area contributed by atoms with Crippen LogP contribution >= 0.6 is 23.2 Å². The van der Waals surface area contributed by atoms with E-state index in [4.69, 9.17) is 23.2 Å². The molecular weight excluding hydrogens is 470 g/mol. The molecule has 1 unspecified atom stereocenters. The summed E-state index contributed by atoms with van der Waals surface area (Å²) in [7, 11) is 0. The van der Waals surface area contributed by atoms with Crippen LogP contribution in [0.5, 0.6) is 0 Å². The fourth-order valence-electron chi connectivity index (χ4n) is 4.56. The number of hydrogen-bond acceptors (Lipinski definition) is 3. The van der Waals surface area contributed by atoms with Gasteiger partial charge in [-0.05, 0) is 50.8 Å². The van der Waals surface area contributed by atoms with Crippen molar-refractivity contribution in [1.82, 2.24) is 14.8 Å². The standard InChI is InChI=1S/C21H22Cl2F3N3O3/c1-12(21(24,25)26)32-19(31)28-7-4-20(5-8-28)3-2-6-29(20)18(30)17-10-13-9-14(22)15(23)11-16(13)27-17/h9-12,27H,2-8H2,1H3. The van der Waals surface area contributed by atoms with E-state index < -0.39 is 23.9 Å². The molecule has 0 aliphatic carbocycles. The van der Waals surface area contributed by atoms with Gasteiger partial charge in [0.05, 0.1) is 10.0 Å². The Morgan fingerprint density at radius 3 is 2.41 bits per heavy atom. The molecule has 1 N–H and O–H groups in total. The molecule has 2 aliphatic rings. The molecule has 0 bridgehead atoms. The average molecular weight is 492 g/mol. The summed E-state index contributed by atoms with van der Waals surface area (Å²) in [4.78, 5) is 31.7. The van der Waals surface area contributed by atoms with Gasteiger partial charge in [-0.3, -0.25) is 4.79 Å². The number of halogens is 5. The molecule has 2 aliphatic heterocycles. The van der Waals surface area contributed by atoms with E-state index in [1.54, 1.807) is 18.2 Å². The lowest BCUT2D eigenvalue weighted by Gasteiger charge is -2.44. The Morgan fingerprint density at radius 1 is 1.09 bits per heavy atom. The summed E-state index contributed by atoms with van der Waals surface area (Å²) in [5.74, 6) is -0.160. The minimum atomic E-state index is -4.60. The van der Waals surface area contributed by atoms with E-state index in [-0.39, 0.29) is 19.0 Å². The largest absolute Gasteiger partial charge is 0.437 e. The van der Waals surface area contributed by atoms with Crippen LogP contribution < -0.4 is 0 Å². The fourth-order valence-corrected chi connectivity index (χ4v) is 4.90. The highest BCUT2D eigenvalue weighted by molar-refractivity contribution is 6.42. The Morgan fingerprint density at radius 2 is 1.75 bits per heavy atom. The van der Waals surface area contributed by atoms with Crippen molar-refractivity contribution in [3.63, 3.8) is 0 Å². The first kappa shape index (κ1) is 23.0. The minimum Gasteiger partial charge on any atom is -0.437 e. The van der Waals surface area contributed by atoms with Gasteiger partial charge in [0, 0.05) is 36.1 Å². The topological polar surface area (TPSA) is 65.6 Å². The van der Waals surface area contributed by atoms with Crippen LogP contribution in [-0.2, 0) is 4.74 Å². The highest BCUT2D eigenvalue weighted by Crippen LogP contribution is 2.40. The van der Waals surface area contributed by atoms with Crippen LogP contribution in [0.2, 0.25) is 10.0 Å². The third-order valence-electron chi connectivity index (χ3n) is 6.42. The van der Waals surface area contributed by atoms with Crippen molar-refractivity contribution in [2.24, 2.45) is 0 Å². The number of carbonyl (C=O) groups excluding carboxylic acids is 2. The predicted molar refractivity (Wildman–Crippen MR) is 114 cm³/mol. The Balaban J connectivity index is 1.46. The number of nitrogens with zero attached hydrogens (tertiary/aromatic N) is 2. The van der Waals surface area contributed by atoms with Crippen LogP contribution in [0.15, 0.2) is 18.2 Å². The van der Waals surface area contributed by atoms with E-state index in [2.05, 4.69) is 9.72 Å². The fraction of sp³-hybridized carbons (Fsp3) is 0.524. The Bertz CT molecular complexity index is 1010. The second kappa shape index (κ2) is 8.33. The third-order valence-corrected chi connectivity index (χ3v) is 7.15. The number of alkyl halides is 3. The maximum absolute atomic E-state index is 13.3. The molecule has 0 saturated carbocycles. The number of H-pyrrole nitrogens is 1. The third kappa shape index (κ3) is 4.24. The number of nitrogens with one attached hydrogen (secondary N) is 1. The first-order valence-corrected chi connectivity index (χ1v) is 11.1. The van der Waals surface area contributed by atoms with E-state index in [9.17, 15) is 22.8 Å². The smallest absolute Gasteiger partial charge is 0.425 e. The quantitative estimate of drug-likeness (QED) is 0.591. The second-order valence-corrected chi connectivity index (χ2v) is 9.19. The number of hydrogen-bond donors (Lipinski definition) is 1. The van der Waals surface area contributed by atoms with E-state index >= 15 is 0 Å². The van der Waals surface area contributed by atoms with Crippen molar-refractivity contribution < 1.29 is 27.5 Å². The Kier molecular flexibility index (Phi) is 6.00. The van der Waals surface area contributed by atoms with Gasteiger partial charge in [-0.2, -0.15) is 13.2 Å². The first-order valence-electron chi connectivity index (χ1n) is 10.3. The zero-order chi connectivity index (χ0) is 23.3. The summed E-state index contributed by atoms with van der Waals surface area (Å²) in [6.45, 7) is 1.84. The normalized spacial score (nSPS) is 19.6. The molecule has 32 heavy (non-hydrogen) atoms. The molecule has 2 amide bonds. The zero-order valence-electron chi connectivity index (χ0n) is 17.3. The molecule has 1 spiro atoms. The monoisotopic (exact) mass is 491 g/mol. The lowest BCUT2D eigenvalue weighted by atomic mass is 9.85. The SMILES string of the molecule is CC(OC(=O)N1CCC2(CCCN2C(=O)c2cc3cc(Cl)c(Cl)cc3[nH]2)CC1)C(F)(F)F. The van der Waals surface area contributed by atoms with Crippen molar-refractivity contribution in [1.29, 1.82) is 0 Å². The van der Waals surface area contributed by atoms with E-state index in [1.165, 1.54) is 4.90 Å². The lowest BCUT2D eigenvalue weighted by molar-refractivity contribution is -0.200. The molecule has 1 atom stereocenters. The van der Waals surface area contributed by atoms with Crippen LogP contribution in [0.3, 0.4) is 0 Å². The van der Waals surface area contributed by atoms with Gasteiger partial charge in [0.2, 0.25) is 0 Å². The molecule has 0 radical (unpaired) electrons. The van der Waals surface area contributed by atoms with Gasteiger partial charge < -0.3 is 19.5 Å². The Labute approximate surface area is 192 Å². The molecule has 2 aromatic rings. The summed E-state index contributed by atoms with van der Waals surface area (Å²) in [5.41, 5.74) is 0.684. The van der Waals surface area contributed by atoms with Gasteiger partial charge >= 0.3 is 12.3 Å². The number of likely N-dealkylation sites (tertiary alicyclic amines) is 2. The number of benzene rings is 1. The predicted octanol–water partition coefficient (Wildman–Crippen LogP) is 5.63. The van der Waals surface area contributed by atoms with Crippen LogP contribution in [0.25, 0.3) is 10.9 Å². The highest BCUT2D eigenvalue weighted by Gasteiger charge is 2.47. The van der Waals surface area contributed by atoms with E-state index in [0.717, 1.165) is 25.2 Å². The molecule has 4 rings (SSSR count). The van der Waals surface area contributed by atoms with Crippen LogP contribution in [0, 0.1) is 0 Å². The maximum atomic E-state index is 13.3. The van der Waals surface area contributed by atoms with Crippen molar-refractivity contribution in [2.45, 2.75) is 50.4 Å². The summed E-state index contributed by atoms with van der Waals surface area (Å²) >= 11 is 12.1. The Hall–Kier alpha value is -2.13. The molecule has 1 aromatic carbocycles. The van der Waals surface area contributed by atoms with Gasteiger partial charge in [0.1, 0.15) is 5.69 Å². The number of rotatable bonds is 2. The van der Waals surface area contributed by atoms with Crippen LogP contribution in [0.1, 0.15) is 43.1 Å². The maximum Gasteiger partial charge on any atom is 0.425 e. The molecule has 6 nitrogen and oxygen atoms in total. The van der Waals surface area contributed by atoms with Gasteiger partial charge in [-0.15, -0.1) is 0 Å². The van der Waals surface area contributed by atoms with Crippen LogP contribution in [-0.4, -0.2) is 64.2 Å². The first-order chi connectivity index (χ1) is 15.0. The molecule has 3 heterocycles. The number of amides is 2. The zero-order valence-corrected chi connectivity index (χ0v) is 18.8. The lowest BCUT2D eigenvalue weighted by Crippen LogP contribution is -2.55. The van der Waals surface area contributed by atoms with E-state index in [0.29, 0.717) is 40.6 Å². The molecule has 2 saturated heterocycles. The van der Waals surface area contributed by atoms with Crippen molar-refractivity contribution >= 4 is 46.1 Å². The second-order valence-electron chi connectivity index (χ2n) is 8.38. The molecule has 174 valence electrons. The van der Waals surface area contributed by atoms with E-state index in [1.807, 2.05) is 4.90 Å². The van der Waals surface area contributed by atoms with Gasteiger partial charge in [0.15, 0.2) is 6.10 Å². The summed E-state index contributed by atoms with van der Waals surface area (Å²) in [6.07, 6.45) is -5.20. The summed E-state index contributed by atoms with van der Waals surface area (Å²) in [6, 6.07) is 5.09. The number of fused-ring (bicyclic) bond motifs is 1. The number of piperidine rings is 1. The average Bonchev–Trinajstić information content (AvgIpc) is 3.31. The van der Waals surface area contributed by atoms with Gasteiger partial charge in [-0.1, -0.05) is 23.2 Å². The number of carbonyl (C=O) groups is 2. The van der Waals surface area contributed by atoms with Crippen molar-refractivity contribution in [3.8, 4) is 0 Å². The van der Waals surface area contributed by atoms with Crippen molar-refractivity contribution in [3.05, 3.63) is 33.9 Å². The molecule has 1 aromatic heterocycles. The molecule has 2 fully saturated rings. The van der Waals surface area contributed by atoms with Crippen LogP contribution in [0.4, 0.5) is 18.0 Å². The highest BCUT2D eigenvalue weighted by atomic mass is 35.5. The number of aromatic amines is 1. The number of ether oxygens (including phenoxy) is 1. The van der Waals surface area contributed by atoms with Gasteiger partial charge in [-0.25, -0.2) is 4.79 Å². The van der Waals surface area contributed by atoms with Crippen molar-refractivity contribution in [2.75, 3.05) is 19.6 Å². The summed E-state index contributed by atoms with van der Waals surface area (Å²) in [5, 5.41) is 1.55. The number of aromatic nitrogens is 1. The minimum absolute atomic E-state index is 0.160.